The number of nitrogens with zero attached hydrogens (tertiary/aromatic N) is 3. The molecule has 3 aromatic rings. The molecule has 0 aliphatic heterocycles. The maximum absolute atomic E-state index is 11.4. The SMILES string of the molecule is Cc1ccc(N=Cc2cc(C)n(-c3ccc(Cl)c(C(=O)O)c3)c2C)c([N+](=O)[O-])c1. The van der Waals surface area contributed by atoms with Crippen molar-refractivity contribution in [2.45, 2.75) is 20.8 Å². The largest absolute Gasteiger partial charge is 0.478 e. The van der Waals surface area contributed by atoms with Crippen LogP contribution in [-0.4, -0.2) is 26.8 Å². The molecule has 29 heavy (non-hydrogen) atoms. The lowest BCUT2D eigenvalue weighted by Gasteiger charge is -2.11. The van der Waals surface area contributed by atoms with Crippen molar-refractivity contribution in [1.82, 2.24) is 4.57 Å². The maximum atomic E-state index is 11.4. The van der Waals surface area contributed by atoms with Crippen LogP contribution < -0.4 is 0 Å². The zero-order valence-electron chi connectivity index (χ0n) is 16.0. The van der Waals surface area contributed by atoms with E-state index >= 15 is 0 Å². The number of carboxylic acid groups (broad SMARTS) is 1. The van der Waals surface area contributed by atoms with Crippen LogP contribution in [0.3, 0.4) is 0 Å². The van der Waals surface area contributed by atoms with Gasteiger partial charge >= 0.3 is 5.97 Å². The predicted molar refractivity (Wildman–Crippen MR) is 112 cm³/mol. The summed E-state index contributed by atoms with van der Waals surface area (Å²) in [5, 5.41) is 20.8. The third-order valence-electron chi connectivity index (χ3n) is 4.58. The van der Waals surface area contributed by atoms with Crippen molar-refractivity contribution in [2.24, 2.45) is 4.99 Å². The molecule has 0 fully saturated rings. The number of carboxylic acids is 1. The summed E-state index contributed by atoms with van der Waals surface area (Å²) in [6, 6.07) is 11.5. The number of aromatic carboxylic acids is 1. The van der Waals surface area contributed by atoms with Crippen LogP contribution >= 0.6 is 11.6 Å². The van der Waals surface area contributed by atoms with Gasteiger partial charge in [-0.25, -0.2) is 9.79 Å². The average molecular weight is 412 g/mol. The minimum atomic E-state index is -1.10. The molecular formula is C21H18ClN3O4. The Morgan fingerprint density at radius 1 is 1.17 bits per heavy atom. The number of nitro benzene ring substituents is 1. The van der Waals surface area contributed by atoms with Gasteiger partial charge in [0.05, 0.1) is 15.5 Å². The second kappa shape index (κ2) is 7.89. The Labute approximate surface area is 172 Å². The van der Waals surface area contributed by atoms with Crippen LogP contribution in [0.25, 0.3) is 5.69 Å². The predicted octanol–water partition coefficient (Wildman–Crippen LogP) is 5.41. The Morgan fingerprint density at radius 2 is 1.90 bits per heavy atom. The van der Waals surface area contributed by atoms with E-state index in [9.17, 15) is 20.0 Å². The minimum absolute atomic E-state index is 0.0159. The first kappa shape index (κ1) is 20.3. The smallest absolute Gasteiger partial charge is 0.337 e. The fourth-order valence-electron chi connectivity index (χ4n) is 3.16. The van der Waals surface area contributed by atoms with Crippen molar-refractivity contribution in [2.75, 3.05) is 0 Å². The summed E-state index contributed by atoms with van der Waals surface area (Å²) in [5.41, 5.74) is 4.12. The van der Waals surface area contributed by atoms with Gasteiger partial charge in [-0.15, -0.1) is 0 Å². The topological polar surface area (TPSA) is 97.7 Å². The standard InChI is InChI=1S/C21H18ClN3O4/c1-12-4-7-19(20(8-12)25(28)29)23-11-15-9-13(2)24(14(15)3)16-5-6-18(22)17(10-16)21(26)27/h4-11H,1-3H3,(H,26,27). The van der Waals surface area contributed by atoms with Gasteiger partial charge in [0.25, 0.3) is 5.69 Å². The zero-order chi connectivity index (χ0) is 21.3. The van der Waals surface area contributed by atoms with Crippen molar-refractivity contribution >= 4 is 35.2 Å². The van der Waals surface area contributed by atoms with Gasteiger partial charge in [-0.2, -0.15) is 0 Å². The number of aliphatic imine (C=N–C) groups is 1. The van der Waals surface area contributed by atoms with Gasteiger partial charge in [0, 0.05) is 34.9 Å². The number of benzene rings is 2. The molecule has 0 aliphatic rings. The Bertz CT molecular complexity index is 1160. The van der Waals surface area contributed by atoms with Crippen LogP contribution in [0.2, 0.25) is 5.02 Å². The molecule has 0 unspecified atom stereocenters. The number of rotatable bonds is 5. The highest BCUT2D eigenvalue weighted by Crippen LogP contribution is 2.29. The van der Waals surface area contributed by atoms with Gasteiger partial charge in [-0.3, -0.25) is 10.1 Å². The number of carbonyl (C=O) groups is 1. The van der Waals surface area contributed by atoms with Crippen molar-refractivity contribution in [3.8, 4) is 5.69 Å². The molecule has 0 aliphatic carbocycles. The molecule has 0 atom stereocenters. The molecule has 1 N–H and O–H groups in total. The Morgan fingerprint density at radius 3 is 2.55 bits per heavy atom. The van der Waals surface area contributed by atoms with Gasteiger partial charge < -0.3 is 9.67 Å². The lowest BCUT2D eigenvalue weighted by atomic mass is 10.2. The zero-order valence-corrected chi connectivity index (χ0v) is 16.8. The van der Waals surface area contributed by atoms with E-state index < -0.39 is 10.9 Å². The molecule has 0 saturated carbocycles. The van der Waals surface area contributed by atoms with Crippen molar-refractivity contribution in [1.29, 1.82) is 0 Å². The monoisotopic (exact) mass is 411 g/mol. The molecule has 1 heterocycles. The van der Waals surface area contributed by atoms with E-state index in [1.54, 1.807) is 37.4 Å². The van der Waals surface area contributed by atoms with E-state index in [2.05, 4.69) is 4.99 Å². The fraction of sp³-hybridized carbons (Fsp3) is 0.143. The van der Waals surface area contributed by atoms with Crippen molar-refractivity contribution in [3.63, 3.8) is 0 Å². The molecule has 0 radical (unpaired) electrons. The van der Waals surface area contributed by atoms with Gasteiger partial charge in [0.1, 0.15) is 5.69 Å². The van der Waals surface area contributed by atoms with Crippen molar-refractivity contribution in [3.05, 3.63) is 85.7 Å². The second-order valence-corrected chi connectivity index (χ2v) is 7.05. The maximum Gasteiger partial charge on any atom is 0.337 e. The fourth-order valence-corrected chi connectivity index (χ4v) is 3.36. The summed E-state index contributed by atoms with van der Waals surface area (Å²) in [6.07, 6.45) is 1.57. The van der Waals surface area contributed by atoms with Crippen LogP contribution in [0.5, 0.6) is 0 Å². The number of hydrogen-bond acceptors (Lipinski definition) is 4. The first-order chi connectivity index (χ1) is 13.7. The van der Waals surface area contributed by atoms with Gasteiger partial charge in [-0.05, 0) is 56.7 Å². The highest BCUT2D eigenvalue weighted by molar-refractivity contribution is 6.33. The van der Waals surface area contributed by atoms with E-state index in [1.807, 2.05) is 24.5 Å². The van der Waals surface area contributed by atoms with Crippen LogP contribution in [-0.2, 0) is 0 Å². The van der Waals surface area contributed by atoms with E-state index in [4.69, 9.17) is 11.6 Å². The molecular weight excluding hydrogens is 394 g/mol. The number of nitro groups is 1. The summed E-state index contributed by atoms with van der Waals surface area (Å²) in [7, 11) is 0. The van der Waals surface area contributed by atoms with Crippen LogP contribution in [0, 0.1) is 30.9 Å². The summed E-state index contributed by atoms with van der Waals surface area (Å²) in [4.78, 5) is 26.5. The normalized spacial score (nSPS) is 11.2. The summed E-state index contributed by atoms with van der Waals surface area (Å²) in [5.74, 6) is -1.10. The van der Waals surface area contributed by atoms with Crippen LogP contribution in [0.1, 0.15) is 32.9 Å². The molecule has 0 bridgehead atoms. The lowest BCUT2D eigenvalue weighted by molar-refractivity contribution is -0.384. The number of aromatic nitrogens is 1. The van der Waals surface area contributed by atoms with Crippen LogP contribution in [0.15, 0.2) is 47.5 Å². The van der Waals surface area contributed by atoms with Gasteiger partial charge in [-0.1, -0.05) is 17.7 Å². The first-order valence-corrected chi connectivity index (χ1v) is 9.08. The van der Waals surface area contributed by atoms with E-state index in [0.717, 1.165) is 22.5 Å². The van der Waals surface area contributed by atoms with Crippen molar-refractivity contribution < 1.29 is 14.8 Å². The van der Waals surface area contributed by atoms with E-state index in [-0.39, 0.29) is 22.0 Å². The minimum Gasteiger partial charge on any atom is -0.478 e. The van der Waals surface area contributed by atoms with Gasteiger partial charge in [0.15, 0.2) is 0 Å². The highest BCUT2D eigenvalue weighted by atomic mass is 35.5. The molecule has 8 heteroatoms. The molecule has 0 amide bonds. The first-order valence-electron chi connectivity index (χ1n) is 8.70. The van der Waals surface area contributed by atoms with E-state index in [1.165, 1.54) is 12.1 Å². The highest BCUT2D eigenvalue weighted by Gasteiger charge is 2.15. The Hall–Kier alpha value is -3.45. The second-order valence-electron chi connectivity index (χ2n) is 6.64. The molecule has 7 nitrogen and oxygen atoms in total. The Balaban J connectivity index is 2.04. The summed E-state index contributed by atoms with van der Waals surface area (Å²) in [6.45, 7) is 5.53. The molecule has 148 valence electrons. The quantitative estimate of drug-likeness (QED) is 0.344. The summed E-state index contributed by atoms with van der Waals surface area (Å²) >= 11 is 5.97. The van der Waals surface area contributed by atoms with Gasteiger partial charge in [0.2, 0.25) is 0 Å². The molecule has 0 saturated heterocycles. The average Bonchev–Trinajstić information content (AvgIpc) is 2.94. The van der Waals surface area contributed by atoms with Crippen LogP contribution in [0.4, 0.5) is 11.4 Å². The molecule has 3 rings (SSSR count). The number of hydrogen-bond donors (Lipinski definition) is 1. The summed E-state index contributed by atoms with van der Waals surface area (Å²) < 4.78 is 1.88. The third-order valence-corrected chi connectivity index (χ3v) is 4.91. The lowest BCUT2D eigenvalue weighted by Crippen LogP contribution is -2.03. The molecule has 2 aromatic carbocycles. The number of halogens is 1. The Kier molecular flexibility index (Phi) is 5.52. The van der Waals surface area contributed by atoms with E-state index in [0.29, 0.717) is 5.69 Å². The third kappa shape index (κ3) is 4.05. The molecule has 1 aromatic heterocycles. The number of aryl methyl sites for hydroxylation is 2. The molecule has 0 spiro atoms.